The first-order valence-corrected chi connectivity index (χ1v) is 4.20. The summed E-state index contributed by atoms with van der Waals surface area (Å²) in [7, 11) is 0. The highest BCUT2D eigenvalue weighted by molar-refractivity contribution is 5.84. The van der Waals surface area contributed by atoms with Crippen molar-refractivity contribution in [3.8, 4) is 5.75 Å². The number of hydrogen-bond acceptors (Lipinski definition) is 4. The van der Waals surface area contributed by atoms with E-state index < -0.39 is 5.97 Å². The van der Waals surface area contributed by atoms with E-state index in [1.807, 2.05) is 6.92 Å². The van der Waals surface area contributed by atoms with E-state index >= 15 is 0 Å². The van der Waals surface area contributed by atoms with Crippen molar-refractivity contribution in [1.29, 1.82) is 0 Å². The van der Waals surface area contributed by atoms with Gasteiger partial charge in [0.1, 0.15) is 5.69 Å². The average Bonchev–Trinajstić information content (AvgIpc) is 2.22. The van der Waals surface area contributed by atoms with Gasteiger partial charge in [-0.05, 0) is 24.6 Å². The smallest absolute Gasteiger partial charge is 0.335 e. The second-order valence-electron chi connectivity index (χ2n) is 2.80. The lowest BCUT2D eigenvalue weighted by Gasteiger charge is -2.04. The summed E-state index contributed by atoms with van der Waals surface area (Å²) in [6.45, 7) is 5.11. The van der Waals surface area contributed by atoms with Crippen LogP contribution in [0.4, 0.5) is 5.69 Å². The quantitative estimate of drug-likeness (QED) is 0.248. The van der Waals surface area contributed by atoms with E-state index in [2.05, 4.69) is 11.6 Å². The first-order valence-electron chi connectivity index (χ1n) is 4.20. The number of carbonyl (C=O) groups is 1. The standard InChI is InChI=1S/C11H9NO3/c1-3-11(14)15-10-6-8(2)4-5-9(10)12-7-13/h3-6H,1H2,2H3. The number of nitrogens with zero attached hydrogens (tertiary/aromatic N) is 1. The molecule has 1 aromatic carbocycles. The minimum Gasteiger partial charge on any atom is -0.421 e. The molecule has 0 aliphatic heterocycles. The highest BCUT2D eigenvalue weighted by Gasteiger charge is 2.06. The summed E-state index contributed by atoms with van der Waals surface area (Å²) in [6, 6.07) is 4.94. The maximum Gasteiger partial charge on any atom is 0.335 e. The molecule has 4 nitrogen and oxygen atoms in total. The van der Waals surface area contributed by atoms with Gasteiger partial charge in [0.15, 0.2) is 5.75 Å². The Morgan fingerprint density at radius 3 is 2.93 bits per heavy atom. The Kier molecular flexibility index (Phi) is 3.55. The predicted molar refractivity (Wildman–Crippen MR) is 54.8 cm³/mol. The number of isocyanates is 1. The Morgan fingerprint density at radius 1 is 1.60 bits per heavy atom. The molecule has 0 aliphatic rings. The van der Waals surface area contributed by atoms with E-state index in [1.54, 1.807) is 18.2 Å². The maximum atomic E-state index is 11.0. The van der Waals surface area contributed by atoms with Gasteiger partial charge in [0.25, 0.3) is 0 Å². The van der Waals surface area contributed by atoms with Gasteiger partial charge in [0, 0.05) is 6.08 Å². The van der Waals surface area contributed by atoms with E-state index in [4.69, 9.17) is 4.74 Å². The van der Waals surface area contributed by atoms with Crippen LogP contribution >= 0.6 is 0 Å². The SMILES string of the molecule is C=CC(=O)Oc1cc(C)ccc1N=C=O. The van der Waals surface area contributed by atoms with Gasteiger partial charge in [-0.1, -0.05) is 12.6 Å². The molecule has 4 heteroatoms. The Bertz CT molecular complexity index is 445. The van der Waals surface area contributed by atoms with Crippen LogP contribution in [0.15, 0.2) is 35.8 Å². The Balaban J connectivity index is 3.12. The third-order valence-corrected chi connectivity index (χ3v) is 1.66. The van der Waals surface area contributed by atoms with E-state index in [1.165, 1.54) is 6.08 Å². The fourth-order valence-corrected chi connectivity index (χ4v) is 0.995. The molecule has 0 radical (unpaired) electrons. The summed E-state index contributed by atoms with van der Waals surface area (Å²) in [5.74, 6) is -0.369. The zero-order valence-electron chi connectivity index (χ0n) is 8.19. The maximum absolute atomic E-state index is 11.0. The summed E-state index contributed by atoms with van der Waals surface area (Å²) in [5, 5.41) is 0. The summed E-state index contributed by atoms with van der Waals surface area (Å²) in [4.78, 5) is 24.5. The topological polar surface area (TPSA) is 55.7 Å². The molecule has 0 heterocycles. The van der Waals surface area contributed by atoms with Crippen molar-refractivity contribution in [2.24, 2.45) is 4.99 Å². The van der Waals surface area contributed by atoms with Crippen LogP contribution in [0.2, 0.25) is 0 Å². The van der Waals surface area contributed by atoms with Crippen molar-refractivity contribution in [3.05, 3.63) is 36.4 Å². The van der Waals surface area contributed by atoms with Crippen molar-refractivity contribution < 1.29 is 14.3 Å². The van der Waals surface area contributed by atoms with Crippen LogP contribution in [0.5, 0.6) is 5.75 Å². The van der Waals surface area contributed by atoms with Gasteiger partial charge >= 0.3 is 5.97 Å². The van der Waals surface area contributed by atoms with Crippen LogP contribution in [0, 0.1) is 6.92 Å². The molecule has 0 aliphatic carbocycles. The highest BCUT2D eigenvalue weighted by atomic mass is 16.5. The van der Waals surface area contributed by atoms with Crippen molar-refractivity contribution >= 4 is 17.7 Å². The monoisotopic (exact) mass is 203 g/mol. The highest BCUT2D eigenvalue weighted by Crippen LogP contribution is 2.28. The molecule has 1 rings (SSSR count). The van der Waals surface area contributed by atoms with Gasteiger partial charge in [0.05, 0.1) is 0 Å². The van der Waals surface area contributed by atoms with Gasteiger partial charge in [0.2, 0.25) is 6.08 Å². The van der Waals surface area contributed by atoms with Crippen LogP contribution in [0.1, 0.15) is 5.56 Å². The van der Waals surface area contributed by atoms with Crippen molar-refractivity contribution in [2.45, 2.75) is 6.92 Å². The van der Waals surface area contributed by atoms with Crippen molar-refractivity contribution in [2.75, 3.05) is 0 Å². The molecular weight excluding hydrogens is 194 g/mol. The Hall–Kier alpha value is -2.19. The second kappa shape index (κ2) is 4.88. The number of esters is 1. The average molecular weight is 203 g/mol. The number of rotatable bonds is 3. The molecule has 0 unspecified atom stereocenters. The number of aliphatic imine (C=N–C) groups is 1. The zero-order valence-corrected chi connectivity index (χ0v) is 8.19. The first kappa shape index (κ1) is 10.9. The Labute approximate surface area is 86.9 Å². The van der Waals surface area contributed by atoms with Crippen LogP contribution in [-0.4, -0.2) is 12.0 Å². The molecular formula is C11H9NO3. The largest absolute Gasteiger partial charge is 0.421 e. The minimum absolute atomic E-state index is 0.225. The fourth-order valence-electron chi connectivity index (χ4n) is 0.995. The second-order valence-corrected chi connectivity index (χ2v) is 2.80. The lowest BCUT2D eigenvalue weighted by atomic mass is 10.2. The number of hydrogen-bond donors (Lipinski definition) is 0. The van der Waals surface area contributed by atoms with Gasteiger partial charge in [-0.15, -0.1) is 0 Å². The molecule has 0 spiro atoms. The van der Waals surface area contributed by atoms with Crippen LogP contribution in [-0.2, 0) is 9.59 Å². The van der Waals surface area contributed by atoms with E-state index in [-0.39, 0.29) is 11.4 Å². The lowest BCUT2D eigenvalue weighted by Crippen LogP contribution is -2.03. The summed E-state index contributed by atoms with van der Waals surface area (Å²) < 4.78 is 4.90. The predicted octanol–water partition coefficient (Wildman–Crippen LogP) is 2.05. The fraction of sp³-hybridized carbons (Fsp3) is 0.0909. The molecule has 76 valence electrons. The van der Waals surface area contributed by atoms with E-state index in [0.717, 1.165) is 11.6 Å². The molecule has 0 atom stereocenters. The lowest BCUT2D eigenvalue weighted by molar-refractivity contribution is -0.128. The molecule has 0 N–H and O–H groups in total. The third kappa shape index (κ3) is 2.90. The molecule has 1 aromatic rings. The summed E-state index contributed by atoms with van der Waals surface area (Å²) >= 11 is 0. The Morgan fingerprint density at radius 2 is 2.33 bits per heavy atom. The van der Waals surface area contributed by atoms with Gasteiger partial charge in [-0.2, -0.15) is 4.99 Å². The number of aryl methyl sites for hydroxylation is 1. The van der Waals surface area contributed by atoms with E-state index in [9.17, 15) is 9.59 Å². The normalized spacial score (nSPS) is 8.87. The van der Waals surface area contributed by atoms with Crippen molar-refractivity contribution in [3.63, 3.8) is 0 Å². The van der Waals surface area contributed by atoms with Crippen LogP contribution in [0.3, 0.4) is 0 Å². The minimum atomic E-state index is -0.594. The molecule has 0 amide bonds. The number of ether oxygens (including phenoxy) is 1. The molecule has 0 fully saturated rings. The third-order valence-electron chi connectivity index (χ3n) is 1.66. The number of carbonyl (C=O) groups excluding carboxylic acids is 2. The van der Waals surface area contributed by atoms with Crippen LogP contribution in [0.25, 0.3) is 0 Å². The molecule has 0 bridgehead atoms. The first-order chi connectivity index (χ1) is 7.17. The van der Waals surface area contributed by atoms with Gasteiger partial charge in [-0.25, -0.2) is 9.59 Å². The van der Waals surface area contributed by atoms with Gasteiger partial charge < -0.3 is 4.74 Å². The zero-order chi connectivity index (χ0) is 11.3. The molecule has 0 aromatic heterocycles. The summed E-state index contributed by atoms with van der Waals surface area (Å²) in [5.41, 5.74) is 1.16. The molecule has 0 saturated heterocycles. The molecule has 0 saturated carbocycles. The van der Waals surface area contributed by atoms with Gasteiger partial charge in [-0.3, -0.25) is 0 Å². The van der Waals surface area contributed by atoms with Crippen LogP contribution < -0.4 is 4.74 Å². The summed E-state index contributed by atoms with van der Waals surface area (Å²) in [6.07, 6.45) is 2.43. The number of benzene rings is 1. The molecule has 15 heavy (non-hydrogen) atoms. The van der Waals surface area contributed by atoms with Crippen molar-refractivity contribution in [1.82, 2.24) is 0 Å². The van der Waals surface area contributed by atoms with E-state index in [0.29, 0.717) is 0 Å².